The lowest BCUT2D eigenvalue weighted by Gasteiger charge is -2.11. The zero-order valence-corrected chi connectivity index (χ0v) is 32.5. The molecule has 0 radical (unpaired) electrons. The van der Waals surface area contributed by atoms with Crippen molar-refractivity contribution in [3.05, 3.63) is 188 Å². The number of carbonyl (C=O) groups is 3. The fourth-order valence-electron chi connectivity index (χ4n) is 5.40. The largest absolute Gasteiger partial charge is 0.508 e. The van der Waals surface area contributed by atoms with Crippen LogP contribution >= 0.6 is 0 Å². The van der Waals surface area contributed by atoms with E-state index in [1.165, 1.54) is 47.0 Å². The molecule has 0 aliphatic heterocycles. The summed E-state index contributed by atoms with van der Waals surface area (Å²) < 4.78 is 118. The molecule has 0 atom stereocenters. The molecular formula is C43H29F9N4O9. The Balaban J connectivity index is 0.000000199. The van der Waals surface area contributed by atoms with Gasteiger partial charge in [0.25, 0.3) is 5.56 Å². The van der Waals surface area contributed by atoms with Crippen LogP contribution in [0.15, 0.2) is 102 Å². The van der Waals surface area contributed by atoms with Gasteiger partial charge in [-0.05, 0) is 54.6 Å². The number of nitrogen functional groups attached to an aromatic ring is 1. The van der Waals surface area contributed by atoms with Crippen LogP contribution in [0, 0.1) is 52.4 Å². The molecular weight excluding hydrogens is 887 g/mol. The third-order valence-corrected chi connectivity index (χ3v) is 8.49. The third kappa shape index (κ3) is 13.0. The molecule has 7 rings (SSSR count). The molecule has 338 valence electrons. The van der Waals surface area contributed by atoms with Crippen molar-refractivity contribution in [1.29, 1.82) is 0 Å². The predicted molar refractivity (Wildman–Crippen MR) is 213 cm³/mol. The van der Waals surface area contributed by atoms with Crippen molar-refractivity contribution in [3.63, 3.8) is 0 Å². The Bertz CT molecular complexity index is 2920. The third-order valence-electron chi connectivity index (χ3n) is 8.49. The second kappa shape index (κ2) is 21.5. The lowest BCUT2D eigenvalue weighted by molar-refractivity contribution is 0.0686. The number of aromatic hydroxyl groups is 3. The lowest BCUT2D eigenvalue weighted by atomic mass is 10.1. The highest BCUT2D eigenvalue weighted by molar-refractivity contribution is 5.95. The fourth-order valence-corrected chi connectivity index (χ4v) is 5.40. The second-order valence-corrected chi connectivity index (χ2v) is 12.9. The molecule has 22 heteroatoms. The lowest BCUT2D eigenvalue weighted by Crippen LogP contribution is -2.14. The summed E-state index contributed by atoms with van der Waals surface area (Å²) in [4.78, 5) is 46.6. The first-order valence-corrected chi connectivity index (χ1v) is 17.8. The van der Waals surface area contributed by atoms with E-state index in [2.05, 4.69) is 10.3 Å². The molecule has 1 aromatic heterocycles. The number of anilines is 2. The van der Waals surface area contributed by atoms with Crippen LogP contribution in [0.4, 0.5) is 50.9 Å². The summed E-state index contributed by atoms with van der Waals surface area (Å²) in [5.41, 5.74) is 3.46. The normalized spacial score (nSPS) is 10.4. The second-order valence-electron chi connectivity index (χ2n) is 12.9. The van der Waals surface area contributed by atoms with Gasteiger partial charge in [0, 0.05) is 65.4 Å². The van der Waals surface area contributed by atoms with Gasteiger partial charge in [-0.1, -0.05) is 0 Å². The maximum Gasteiger partial charge on any atom is 0.337 e. The molecule has 0 saturated heterocycles. The van der Waals surface area contributed by atoms with Gasteiger partial charge in [-0.2, -0.15) is 4.98 Å². The van der Waals surface area contributed by atoms with Crippen molar-refractivity contribution in [2.24, 2.45) is 0 Å². The summed E-state index contributed by atoms with van der Waals surface area (Å²) in [7, 11) is 0. The number of rotatable bonds is 8. The highest BCUT2D eigenvalue weighted by Crippen LogP contribution is 2.24. The van der Waals surface area contributed by atoms with Crippen LogP contribution in [-0.2, 0) is 13.1 Å². The van der Waals surface area contributed by atoms with E-state index < -0.39 is 81.0 Å². The van der Waals surface area contributed by atoms with Crippen molar-refractivity contribution in [2.75, 3.05) is 11.1 Å². The molecule has 6 aromatic carbocycles. The molecule has 7 aromatic rings. The van der Waals surface area contributed by atoms with Gasteiger partial charge in [0.1, 0.15) is 69.6 Å². The molecule has 0 bridgehead atoms. The Morgan fingerprint density at radius 2 is 1.06 bits per heavy atom. The zero-order valence-electron chi connectivity index (χ0n) is 32.5. The molecule has 1 heterocycles. The van der Waals surface area contributed by atoms with Gasteiger partial charge < -0.3 is 41.2 Å². The van der Waals surface area contributed by atoms with E-state index in [0.29, 0.717) is 41.9 Å². The molecule has 0 spiro atoms. The minimum atomic E-state index is -1.31. The van der Waals surface area contributed by atoms with Crippen LogP contribution in [0.3, 0.4) is 0 Å². The van der Waals surface area contributed by atoms with E-state index in [4.69, 9.17) is 21.1 Å². The molecule has 0 unspecified atom stereocenters. The minimum Gasteiger partial charge on any atom is -0.508 e. The van der Waals surface area contributed by atoms with E-state index in [-0.39, 0.29) is 70.1 Å². The smallest absolute Gasteiger partial charge is 0.337 e. The number of aromatic nitrogens is 2. The summed E-state index contributed by atoms with van der Waals surface area (Å²) in [5, 5.41) is 47.7. The zero-order chi connectivity index (χ0) is 48.3. The summed E-state index contributed by atoms with van der Waals surface area (Å²) in [6.07, 6.45) is 1.15. The van der Waals surface area contributed by atoms with Crippen molar-refractivity contribution >= 4 is 40.5 Å². The van der Waals surface area contributed by atoms with Crippen LogP contribution < -0.4 is 16.6 Å². The molecule has 13 nitrogen and oxygen atoms in total. The van der Waals surface area contributed by atoms with Gasteiger partial charge in [0.2, 0.25) is 0 Å². The number of aromatic carboxylic acids is 2. The molecule has 0 fully saturated rings. The number of carboxylic acids is 2. The van der Waals surface area contributed by atoms with Crippen LogP contribution in [0.25, 0.3) is 10.9 Å². The number of carboxylic acid groups (broad SMARTS) is 2. The number of phenols is 3. The first kappa shape index (κ1) is 49.1. The quantitative estimate of drug-likeness (QED) is 0.0331. The Labute approximate surface area is 358 Å². The van der Waals surface area contributed by atoms with Crippen LogP contribution in [0.5, 0.6) is 17.2 Å². The van der Waals surface area contributed by atoms with Gasteiger partial charge in [-0.3, -0.25) is 9.59 Å². The Hall–Kier alpha value is -8.56. The Morgan fingerprint density at radius 3 is 1.55 bits per heavy atom. The number of carbonyl (C=O) groups excluding carboxylic acids is 1. The van der Waals surface area contributed by atoms with Gasteiger partial charge in [0.15, 0.2) is 6.29 Å². The highest BCUT2D eigenvalue weighted by atomic mass is 19.2. The van der Waals surface area contributed by atoms with Crippen molar-refractivity contribution in [2.45, 2.75) is 13.1 Å². The number of aldehydes is 1. The van der Waals surface area contributed by atoms with E-state index in [1.54, 1.807) is 0 Å². The van der Waals surface area contributed by atoms with Crippen LogP contribution in [0.2, 0.25) is 0 Å². The van der Waals surface area contributed by atoms with Crippen LogP contribution in [-0.4, -0.2) is 53.3 Å². The van der Waals surface area contributed by atoms with E-state index in [9.17, 15) is 68.9 Å². The summed E-state index contributed by atoms with van der Waals surface area (Å²) in [5.74, 6) is -12.6. The summed E-state index contributed by atoms with van der Waals surface area (Å²) in [6, 6.07) is 14.4. The minimum absolute atomic E-state index is 0.00407. The highest BCUT2D eigenvalue weighted by Gasteiger charge is 2.16. The average molecular weight is 917 g/mol. The number of hydrogen-bond acceptors (Lipinski definition) is 10. The predicted octanol–water partition coefficient (Wildman–Crippen LogP) is 8.28. The van der Waals surface area contributed by atoms with Gasteiger partial charge >= 0.3 is 11.9 Å². The first-order chi connectivity index (χ1) is 30.6. The molecule has 0 amide bonds. The van der Waals surface area contributed by atoms with E-state index >= 15 is 0 Å². The molecule has 65 heavy (non-hydrogen) atoms. The number of hydrogen-bond donors (Lipinski definition) is 7. The number of nitrogens with one attached hydrogen (secondary N) is 1. The van der Waals surface area contributed by atoms with E-state index in [0.717, 1.165) is 18.5 Å². The van der Waals surface area contributed by atoms with Crippen molar-refractivity contribution in [1.82, 2.24) is 9.55 Å². The first-order valence-electron chi connectivity index (χ1n) is 17.8. The number of nitrogens with zero attached hydrogens (tertiary/aromatic N) is 2. The molecule has 0 saturated carbocycles. The number of phenolic OH excluding ortho intramolecular Hbond substituents is 3. The monoisotopic (exact) mass is 916 g/mol. The number of benzene rings is 6. The standard InChI is InChI=1S/C15H9F3N2O2.C14H10F3NO3.C7H3F3O.C7H7NO3/c16-8-3-12(17)11(13(18)4-8)6-20-7-19-15(22)10-5-9(21)1-2-14(10)20;15-7-3-11(16)10(12(17)4-7)6-18-13-2-1-8(19)5-9(13)14(20)21;8-4-1-6(9)5(3-11)7(10)2-4;8-6-2-1-4(9)3-5(6)7(10)11/h1-5,7,21H,6H2;1-5,18-19H,6H2,(H,20,21);1-3H;1-3,9H,8H2,(H,10,11). The van der Waals surface area contributed by atoms with Crippen LogP contribution in [0.1, 0.15) is 42.2 Å². The van der Waals surface area contributed by atoms with Gasteiger partial charge in [-0.15, -0.1) is 0 Å². The van der Waals surface area contributed by atoms with Crippen molar-refractivity contribution < 1.29 is 79.4 Å². The SMILES string of the molecule is Nc1ccc(O)cc1C(=O)O.O=C(O)c1cc(O)ccc1NCc1c(F)cc(F)cc1F.O=Cc1c(F)cc(F)cc1F.O=c1ncn(Cc2c(F)cc(F)cc2F)c2ccc(O)cc12. The maximum absolute atomic E-state index is 13.7. The number of nitrogens with two attached hydrogens (primary N) is 1. The van der Waals surface area contributed by atoms with Gasteiger partial charge in [-0.25, -0.2) is 49.1 Å². The van der Waals surface area contributed by atoms with Gasteiger partial charge in [0.05, 0.1) is 40.5 Å². The fraction of sp³-hybridized carbons (Fsp3) is 0.0465. The number of fused-ring (bicyclic) bond motifs is 1. The molecule has 0 aliphatic carbocycles. The summed E-state index contributed by atoms with van der Waals surface area (Å²) >= 11 is 0. The summed E-state index contributed by atoms with van der Waals surface area (Å²) in [6.45, 7) is -0.643. The van der Waals surface area contributed by atoms with E-state index in [1.807, 2.05) is 0 Å². The Morgan fingerprint density at radius 1 is 0.615 bits per heavy atom. The topological polar surface area (TPSA) is 225 Å². The molecule has 0 aliphatic rings. The Kier molecular flexibility index (Phi) is 16.2. The maximum atomic E-state index is 13.7. The number of halogens is 9. The molecule has 8 N–H and O–H groups in total. The van der Waals surface area contributed by atoms with Crippen molar-refractivity contribution in [3.8, 4) is 17.2 Å². The average Bonchev–Trinajstić information content (AvgIpc) is 3.21.